The van der Waals surface area contributed by atoms with Crippen molar-refractivity contribution < 1.29 is 0 Å². The van der Waals surface area contributed by atoms with Crippen molar-refractivity contribution in [3.05, 3.63) is 82.9 Å². The molecule has 0 saturated heterocycles. The van der Waals surface area contributed by atoms with Gasteiger partial charge in [-0.2, -0.15) is 0 Å². The van der Waals surface area contributed by atoms with Gasteiger partial charge in [0.2, 0.25) is 0 Å². The summed E-state index contributed by atoms with van der Waals surface area (Å²) >= 11 is 6.02. The third kappa shape index (κ3) is 5.15. The SMILES string of the molecule is C[Si](C)(C)C(/C=C/CCc1ccccc1)c1ccc(Cl)cc1. The fourth-order valence-corrected chi connectivity index (χ4v) is 4.73. The zero-order valence-electron chi connectivity index (χ0n) is 13.7. The first-order chi connectivity index (χ1) is 10.5. The molecule has 2 aromatic rings. The van der Waals surface area contributed by atoms with Crippen molar-refractivity contribution in [1.82, 2.24) is 0 Å². The smallest absolute Gasteiger partial charge is 0.0565 e. The molecular weight excluding hydrogens is 304 g/mol. The van der Waals surface area contributed by atoms with Gasteiger partial charge in [0.25, 0.3) is 0 Å². The number of aryl methyl sites for hydroxylation is 1. The van der Waals surface area contributed by atoms with E-state index in [2.05, 4.69) is 74.3 Å². The van der Waals surface area contributed by atoms with Gasteiger partial charge in [0.15, 0.2) is 0 Å². The van der Waals surface area contributed by atoms with E-state index in [4.69, 9.17) is 11.6 Å². The number of hydrogen-bond acceptors (Lipinski definition) is 0. The van der Waals surface area contributed by atoms with Crippen LogP contribution in [0.2, 0.25) is 24.7 Å². The minimum absolute atomic E-state index is 0.542. The molecule has 0 aliphatic carbocycles. The highest BCUT2D eigenvalue weighted by Crippen LogP contribution is 2.29. The lowest BCUT2D eigenvalue weighted by atomic mass is 10.1. The quantitative estimate of drug-likeness (QED) is 0.420. The van der Waals surface area contributed by atoms with Gasteiger partial charge in [-0.05, 0) is 41.6 Å². The first-order valence-electron chi connectivity index (χ1n) is 7.93. The molecule has 0 amide bonds. The fourth-order valence-electron chi connectivity index (χ4n) is 2.70. The number of rotatable bonds is 6. The lowest BCUT2D eigenvalue weighted by Gasteiger charge is -2.27. The predicted molar refractivity (Wildman–Crippen MR) is 101 cm³/mol. The molecule has 22 heavy (non-hydrogen) atoms. The number of hydrogen-bond donors (Lipinski definition) is 0. The number of halogens is 1. The predicted octanol–water partition coefficient (Wildman–Crippen LogP) is 6.49. The van der Waals surface area contributed by atoms with E-state index in [1.165, 1.54) is 11.1 Å². The second-order valence-corrected chi connectivity index (χ2v) is 12.6. The van der Waals surface area contributed by atoms with Crippen LogP contribution < -0.4 is 0 Å². The van der Waals surface area contributed by atoms with Gasteiger partial charge in [0, 0.05) is 5.02 Å². The summed E-state index contributed by atoms with van der Waals surface area (Å²) in [6, 6.07) is 19.0. The van der Waals surface area contributed by atoms with Crippen LogP contribution in [0.25, 0.3) is 0 Å². The van der Waals surface area contributed by atoms with Crippen LogP contribution in [0.4, 0.5) is 0 Å². The van der Waals surface area contributed by atoms with E-state index < -0.39 is 8.07 Å². The molecule has 0 nitrogen and oxygen atoms in total. The Labute approximate surface area is 140 Å². The van der Waals surface area contributed by atoms with Crippen LogP contribution in [0.5, 0.6) is 0 Å². The molecule has 0 radical (unpaired) electrons. The van der Waals surface area contributed by atoms with E-state index >= 15 is 0 Å². The van der Waals surface area contributed by atoms with E-state index in [0.717, 1.165) is 17.9 Å². The lowest BCUT2D eigenvalue weighted by Crippen LogP contribution is -2.29. The van der Waals surface area contributed by atoms with Gasteiger partial charge >= 0.3 is 0 Å². The molecule has 0 spiro atoms. The summed E-state index contributed by atoms with van der Waals surface area (Å²) in [5.41, 5.74) is 3.34. The molecule has 0 N–H and O–H groups in total. The van der Waals surface area contributed by atoms with Crippen molar-refractivity contribution in [3.63, 3.8) is 0 Å². The van der Waals surface area contributed by atoms with Gasteiger partial charge in [-0.25, -0.2) is 0 Å². The molecule has 0 aliphatic heterocycles. The standard InChI is InChI=1S/C20H25ClSi/c1-22(2,3)20(18-13-15-19(21)16-14-18)12-8-7-11-17-9-5-4-6-10-17/h4-6,8-10,12-16,20H,7,11H2,1-3H3/b12-8+. The fraction of sp³-hybridized carbons (Fsp3) is 0.300. The zero-order chi connectivity index (χ0) is 16.0. The van der Waals surface area contributed by atoms with Gasteiger partial charge in [-0.15, -0.1) is 0 Å². The van der Waals surface area contributed by atoms with E-state index in [1.54, 1.807) is 0 Å². The molecule has 1 atom stereocenters. The van der Waals surface area contributed by atoms with Crippen LogP contribution in [0.3, 0.4) is 0 Å². The van der Waals surface area contributed by atoms with E-state index in [-0.39, 0.29) is 0 Å². The zero-order valence-corrected chi connectivity index (χ0v) is 15.5. The normalized spacial score (nSPS) is 13.5. The molecule has 0 aliphatic rings. The molecule has 0 aromatic heterocycles. The van der Waals surface area contributed by atoms with Gasteiger partial charge in [-0.3, -0.25) is 0 Å². The van der Waals surface area contributed by atoms with E-state index in [1.807, 2.05) is 12.1 Å². The molecule has 2 heteroatoms. The first kappa shape index (κ1) is 17.0. The first-order valence-corrected chi connectivity index (χ1v) is 11.9. The summed E-state index contributed by atoms with van der Waals surface area (Å²) in [5.74, 6) is 0. The van der Waals surface area contributed by atoms with Gasteiger partial charge in [-0.1, -0.05) is 85.9 Å². The van der Waals surface area contributed by atoms with Crippen LogP contribution in [0.1, 0.15) is 23.1 Å². The average molecular weight is 329 g/mol. The summed E-state index contributed by atoms with van der Waals surface area (Å²) in [5, 5.41) is 0.811. The molecule has 0 fully saturated rings. The van der Waals surface area contributed by atoms with E-state index in [9.17, 15) is 0 Å². The van der Waals surface area contributed by atoms with Crippen molar-refractivity contribution in [2.24, 2.45) is 0 Å². The Morgan fingerprint density at radius 3 is 2.18 bits per heavy atom. The van der Waals surface area contributed by atoms with Crippen molar-refractivity contribution in [1.29, 1.82) is 0 Å². The third-order valence-electron chi connectivity index (χ3n) is 3.93. The minimum Gasteiger partial charge on any atom is -0.0879 e. The number of allylic oxidation sites excluding steroid dienone is 2. The molecular formula is C20H25ClSi. The topological polar surface area (TPSA) is 0 Å². The Morgan fingerprint density at radius 1 is 0.955 bits per heavy atom. The molecule has 116 valence electrons. The van der Waals surface area contributed by atoms with Crippen molar-refractivity contribution >= 4 is 19.7 Å². The lowest BCUT2D eigenvalue weighted by molar-refractivity contribution is 0.987. The molecule has 1 unspecified atom stereocenters. The Balaban J connectivity index is 2.04. The van der Waals surface area contributed by atoms with Crippen molar-refractivity contribution in [3.8, 4) is 0 Å². The Bertz CT molecular complexity index is 594. The second-order valence-electron chi connectivity index (χ2n) is 6.85. The highest BCUT2D eigenvalue weighted by molar-refractivity contribution is 6.78. The van der Waals surface area contributed by atoms with E-state index in [0.29, 0.717) is 5.54 Å². The van der Waals surface area contributed by atoms with Gasteiger partial charge < -0.3 is 0 Å². The Kier molecular flexibility index (Phi) is 6.04. The maximum Gasteiger partial charge on any atom is 0.0565 e. The molecule has 2 aromatic carbocycles. The van der Waals surface area contributed by atoms with Crippen LogP contribution in [0.15, 0.2) is 66.7 Å². The summed E-state index contributed by atoms with van der Waals surface area (Å²) < 4.78 is 0. The summed E-state index contributed by atoms with van der Waals surface area (Å²) in [6.07, 6.45) is 6.97. The maximum atomic E-state index is 6.02. The van der Waals surface area contributed by atoms with Crippen LogP contribution in [-0.4, -0.2) is 8.07 Å². The van der Waals surface area contributed by atoms with Gasteiger partial charge in [0.05, 0.1) is 8.07 Å². The van der Waals surface area contributed by atoms with Crippen LogP contribution in [0, 0.1) is 0 Å². The number of benzene rings is 2. The highest BCUT2D eigenvalue weighted by atomic mass is 35.5. The molecule has 2 rings (SSSR count). The molecule has 0 heterocycles. The minimum atomic E-state index is -1.30. The largest absolute Gasteiger partial charge is 0.0879 e. The van der Waals surface area contributed by atoms with Crippen molar-refractivity contribution in [2.75, 3.05) is 0 Å². The average Bonchev–Trinajstić information content (AvgIpc) is 2.48. The highest BCUT2D eigenvalue weighted by Gasteiger charge is 2.25. The summed E-state index contributed by atoms with van der Waals surface area (Å²) in [7, 11) is -1.30. The van der Waals surface area contributed by atoms with Crippen molar-refractivity contribution in [2.45, 2.75) is 38.0 Å². The van der Waals surface area contributed by atoms with Crippen LogP contribution in [-0.2, 0) is 6.42 Å². The Morgan fingerprint density at radius 2 is 1.59 bits per heavy atom. The molecule has 0 saturated carbocycles. The second kappa shape index (κ2) is 7.80. The summed E-state index contributed by atoms with van der Waals surface area (Å²) in [4.78, 5) is 0. The maximum absolute atomic E-state index is 6.02. The van der Waals surface area contributed by atoms with Gasteiger partial charge in [0.1, 0.15) is 0 Å². The molecule has 0 bridgehead atoms. The van der Waals surface area contributed by atoms with Crippen LogP contribution >= 0.6 is 11.6 Å². The monoisotopic (exact) mass is 328 g/mol. The summed E-state index contributed by atoms with van der Waals surface area (Å²) in [6.45, 7) is 7.27. The Hall–Kier alpha value is -1.31. The third-order valence-corrected chi connectivity index (χ3v) is 6.58.